The van der Waals surface area contributed by atoms with Gasteiger partial charge < -0.3 is 17.9 Å². The predicted molar refractivity (Wildman–Crippen MR) is 148 cm³/mol. The van der Waals surface area contributed by atoms with Crippen molar-refractivity contribution >= 4 is 52.3 Å². The van der Waals surface area contributed by atoms with Crippen LogP contribution in [0.25, 0.3) is 32.9 Å². The van der Waals surface area contributed by atoms with Crippen LogP contribution >= 0.6 is 11.3 Å². The lowest BCUT2D eigenvalue weighted by molar-refractivity contribution is -0.621. The Morgan fingerprint density at radius 3 is 2.14 bits per heavy atom. The molecule has 2 heterocycles. The van der Waals surface area contributed by atoms with Crippen LogP contribution in [0, 0.1) is 0 Å². The lowest BCUT2D eigenvalue weighted by Gasteiger charge is -2.11. The largest absolute Gasteiger partial charge is 0.449 e. The van der Waals surface area contributed by atoms with Crippen molar-refractivity contribution < 1.29 is 9.48 Å². The summed E-state index contributed by atoms with van der Waals surface area (Å²) in [7, 11) is 0. The van der Waals surface area contributed by atoms with Gasteiger partial charge >= 0.3 is 5.91 Å². The van der Waals surface area contributed by atoms with Gasteiger partial charge in [-0.2, -0.15) is 0 Å². The Morgan fingerprint density at radius 1 is 0.757 bits per heavy atom. The zero-order chi connectivity index (χ0) is 25.2. The Morgan fingerprint density at radius 2 is 1.41 bits per heavy atom. The van der Waals surface area contributed by atoms with Crippen molar-refractivity contribution in [3.63, 3.8) is 0 Å². The number of nitrogens with zero attached hydrogens (tertiary/aromatic N) is 4. The first-order valence-electron chi connectivity index (χ1n) is 11.6. The number of nitrogens with one attached hydrogen (secondary N) is 1. The third kappa shape index (κ3) is 4.67. The van der Waals surface area contributed by atoms with Gasteiger partial charge in [-0.3, -0.25) is 11.3 Å². The lowest BCUT2D eigenvalue weighted by atomic mass is 10.1. The van der Waals surface area contributed by atoms with Gasteiger partial charge in [0.25, 0.3) is 0 Å². The molecule has 0 saturated carbocycles. The van der Waals surface area contributed by atoms with E-state index < -0.39 is 0 Å². The third-order valence-electron chi connectivity index (χ3n) is 5.80. The molecule has 37 heavy (non-hydrogen) atoms. The number of para-hydroxylation sites is 1. The fourth-order valence-corrected chi connectivity index (χ4v) is 5.09. The maximum absolute atomic E-state index is 13.3. The molecule has 8 heteroatoms. The Labute approximate surface area is 222 Å². The van der Waals surface area contributed by atoms with Crippen LogP contribution in [0.3, 0.4) is 0 Å². The van der Waals surface area contributed by atoms with Gasteiger partial charge in [-0.25, -0.2) is 14.8 Å². The topological polar surface area (TPSA) is 71.7 Å². The Hall–Kier alpha value is -4.53. The van der Waals surface area contributed by atoms with Crippen LogP contribution in [-0.2, 0) is 12.6 Å². The lowest BCUT2D eigenvalue weighted by Crippen LogP contribution is -2.46. The average Bonchev–Trinajstić information content (AvgIpc) is 3.35. The molecule has 0 atom stereocenters. The van der Waals surface area contributed by atoms with E-state index in [4.69, 9.17) is 22.6 Å². The number of hydrogen-bond donors (Lipinski definition) is 1. The minimum absolute atomic E-state index is 0.239. The number of benzene rings is 4. The van der Waals surface area contributed by atoms with Crippen molar-refractivity contribution in [3.8, 4) is 22.0 Å². The van der Waals surface area contributed by atoms with Crippen LogP contribution in [-0.4, -0.2) is 21.0 Å². The zero-order valence-electron chi connectivity index (χ0n) is 19.4. The number of fused-ring (bicyclic) bond motifs is 1. The molecule has 0 bridgehead atoms. The second-order valence-electron chi connectivity index (χ2n) is 8.24. The van der Waals surface area contributed by atoms with E-state index in [1.807, 2.05) is 97.1 Å². The Kier molecular flexibility index (Phi) is 6.10. The molecule has 1 N–H and O–H groups in total. The number of carbonyl (C=O) groups is 1. The van der Waals surface area contributed by atoms with Crippen LogP contribution in [0.1, 0.15) is 10.4 Å². The summed E-state index contributed by atoms with van der Waals surface area (Å²) in [5, 5.41) is 9.31. The van der Waals surface area contributed by atoms with Crippen molar-refractivity contribution in [2.75, 3.05) is 5.32 Å². The first-order valence-corrected chi connectivity index (χ1v) is 12.8. The highest BCUT2D eigenvalue weighted by Crippen LogP contribution is 2.28. The van der Waals surface area contributed by atoms with E-state index >= 15 is 0 Å². The molecule has 0 unspecified atom stereocenters. The monoisotopic (exact) mass is 517 g/mol. The van der Waals surface area contributed by atoms with E-state index in [2.05, 4.69) is 10.4 Å². The minimum atomic E-state index is -0.239. The molecular formula is C29H19N5OS2. The van der Waals surface area contributed by atoms with Gasteiger partial charge in [0.1, 0.15) is 5.82 Å². The smallest absolute Gasteiger partial charge is 0.402 e. The molecule has 0 fully saturated rings. The molecule has 0 aliphatic rings. The molecule has 0 amide bonds. The standard InChI is InChI=1S/C29H19N5OS2/c35-27(34-28(37-29(36)33-34)21-11-5-2-6-12-21)20-15-17-22(18-16-20)30-26-23-13-7-8-14-24(23)31-25(32-26)19-9-3-1-4-10-19/h1-18H,(H-,30,31,32,33,35,36). The van der Waals surface area contributed by atoms with Gasteiger partial charge in [0.05, 0.1) is 11.1 Å². The molecular weight excluding hydrogens is 498 g/mol. The molecule has 6 rings (SSSR count). The van der Waals surface area contributed by atoms with Gasteiger partial charge in [-0.05, 0) is 58.3 Å². The molecule has 0 aliphatic heterocycles. The molecule has 6 nitrogen and oxygen atoms in total. The van der Waals surface area contributed by atoms with Crippen molar-refractivity contribution in [1.82, 2.24) is 15.1 Å². The highest BCUT2D eigenvalue weighted by atomic mass is 32.2. The van der Waals surface area contributed by atoms with Gasteiger partial charge in [-0.15, -0.1) is 0 Å². The van der Waals surface area contributed by atoms with Crippen molar-refractivity contribution in [1.29, 1.82) is 0 Å². The van der Waals surface area contributed by atoms with Crippen molar-refractivity contribution in [3.05, 3.63) is 115 Å². The van der Waals surface area contributed by atoms with Gasteiger partial charge in [0.15, 0.2) is 5.82 Å². The zero-order valence-corrected chi connectivity index (χ0v) is 21.0. The quantitative estimate of drug-likeness (QED) is 0.222. The highest BCUT2D eigenvalue weighted by molar-refractivity contribution is 7.62. The van der Waals surface area contributed by atoms with E-state index in [1.165, 1.54) is 16.0 Å². The van der Waals surface area contributed by atoms with Crippen LogP contribution < -0.4 is 10.00 Å². The molecule has 6 aromatic rings. The summed E-state index contributed by atoms with van der Waals surface area (Å²) in [5.41, 5.74) is 3.99. The average molecular weight is 518 g/mol. The maximum atomic E-state index is 13.3. The van der Waals surface area contributed by atoms with Crippen LogP contribution in [0.15, 0.2) is 114 Å². The summed E-state index contributed by atoms with van der Waals surface area (Å²) in [5.74, 6) is 1.10. The summed E-state index contributed by atoms with van der Waals surface area (Å²) in [6, 6.07) is 34.7. The SMILES string of the molecule is O=C(c1ccc(Nc2nc(-c3ccccc3)nc3ccccc23)cc1)[n+]1nc([S-])sc1-c1ccccc1. The second-order valence-corrected chi connectivity index (χ2v) is 9.86. The van der Waals surface area contributed by atoms with Crippen molar-refractivity contribution in [2.24, 2.45) is 0 Å². The van der Waals surface area contributed by atoms with Gasteiger partial charge in [0.2, 0.25) is 5.01 Å². The second kappa shape index (κ2) is 9.85. The first-order chi connectivity index (χ1) is 18.2. The van der Waals surface area contributed by atoms with E-state index in [9.17, 15) is 4.79 Å². The highest BCUT2D eigenvalue weighted by Gasteiger charge is 2.25. The van der Waals surface area contributed by atoms with Gasteiger partial charge in [-0.1, -0.05) is 60.7 Å². The minimum Gasteiger partial charge on any atom is -0.402 e. The molecule has 2 aromatic heterocycles. The van der Waals surface area contributed by atoms with E-state index in [0.29, 0.717) is 26.6 Å². The van der Waals surface area contributed by atoms with Crippen LogP contribution in [0.2, 0.25) is 0 Å². The molecule has 178 valence electrons. The Balaban J connectivity index is 1.31. The predicted octanol–water partition coefficient (Wildman–Crippen LogP) is 6.05. The summed E-state index contributed by atoms with van der Waals surface area (Å²) in [4.78, 5) is 22.9. The fraction of sp³-hybridized carbons (Fsp3) is 0. The first kappa shape index (κ1) is 22.9. The molecule has 0 aliphatic carbocycles. The summed E-state index contributed by atoms with van der Waals surface area (Å²) < 4.78 is 1.80. The summed E-state index contributed by atoms with van der Waals surface area (Å²) >= 11 is 6.60. The molecule has 4 aromatic carbocycles. The summed E-state index contributed by atoms with van der Waals surface area (Å²) in [6.07, 6.45) is 0. The van der Waals surface area contributed by atoms with E-state index in [-0.39, 0.29) is 5.91 Å². The fourth-order valence-electron chi connectivity index (χ4n) is 4.02. The van der Waals surface area contributed by atoms with Crippen LogP contribution in [0.4, 0.5) is 11.5 Å². The number of rotatable bonds is 5. The number of aromatic nitrogens is 4. The van der Waals surface area contributed by atoms with E-state index in [1.54, 1.807) is 12.1 Å². The van der Waals surface area contributed by atoms with E-state index in [0.717, 1.165) is 27.7 Å². The van der Waals surface area contributed by atoms with Gasteiger partial charge in [0, 0.05) is 26.5 Å². The number of anilines is 2. The normalized spacial score (nSPS) is 10.9. The number of hydrogen-bond acceptors (Lipinski definition) is 7. The van der Waals surface area contributed by atoms with Crippen molar-refractivity contribution in [2.45, 2.75) is 4.34 Å². The maximum Gasteiger partial charge on any atom is 0.449 e. The molecule has 0 radical (unpaired) electrons. The molecule has 0 spiro atoms. The van der Waals surface area contributed by atoms with Crippen LogP contribution in [0.5, 0.6) is 0 Å². The summed E-state index contributed by atoms with van der Waals surface area (Å²) in [6.45, 7) is 0. The number of carbonyl (C=O) groups excluding carboxylic acids is 1. The Bertz CT molecular complexity index is 1720. The third-order valence-corrected chi connectivity index (χ3v) is 6.99. The molecule has 0 saturated heterocycles.